The third-order valence-corrected chi connectivity index (χ3v) is 7.15. The number of hydrogen-bond acceptors (Lipinski definition) is 7. The monoisotopic (exact) mass is 730 g/mol. The molecule has 0 saturated heterocycles. The average molecular weight is 731 g/mol. The number of esters is 1. The van der Waals surface area contributed by atoms with Gasteiger partial charge in [0.15, 0.2) is 17.2 Å². The number of benzene rings is 3. The van der Waals surface area contributed by atoms with Gasteiger partial charge in [0.2, 0.25) is 5.90 Å². The van der Waals surface area contributed by atoms with E-state index in [0.29, 0.717) is 30.3 Å². The molecule has 0 unspecified atom stereocenters. The topological polar surface area (TPSA) is 100 Å². The molecule has 36 heavy (non-hydrogen) atoms. The van der Waals surface area contributed by atoms with Gasteiger partial charge < -0.3 is 14.2 Å². The number of hydrogen-bond donors (Lipinski definition) is 0. The van der Waals surface area contributed by atoms with E-state index in [1.54, 1.807) is 12.1 Å². The number of aliphatic imine (C=N–C) groups is 1. The molecule has 1 aliphatic rings. The van der Waals surface area contributed by atoms with Gasteiger partial charge in [0.05, 0.1) is 25.7 Å². The maximum Gasteiger partial charge on any atom is 0.363 e. The molecule has 4 rings (SSSR count). The molecule has 0 radical (unpaired) electrons. The Morgan fingerprint density at radius 2 is 1.89 bits per heavy atom. The quantitative estimate of drug-likeness (QED) is 0.0834. The highest BCUT2D eigenvalue weighted by atomic mass is 127. The summed E-state index contributed by atoms with van der Waals surface area (Å²) in [6, 6.07) is 15.4. The van der Waals surface area contributed by atoms with Crippen LogP contribution in [0.4, 0.5) is 5.69 Å². The summed E-state index contributed by atoms with van der Waals surface area (Å²) in [5, 5.41) is 11.0. The Balaban J connectivity index is 1.63. The second kappa shape index (κ2) is 11.6. The molecule has 1 heterocycles. The number of nitrogens with zero attached hydrogens (tertiary/aromatic N) is 2. The van der Waals surface area contributed by atoms with Crippen LogP contribution in [-0.4, -0.2) is 23.4 Å². The Morgan fingerprint density at radius 1 is 1.11 bits per heavy atom. The van der Waals surface area contributed by atoms with Crippen molar-refractivity contribution in [2.45, 2.75) is 13.5 Å². The highest BCUT2D eigenvalue weighted by Crippen LogP contribution is 2.36. The number of carbonyl (C=O) groups excluding carboxylic acids is 1. The van der Waals surface area contributed by atoms with Gasteiger partial charge in [0.25, 0.3) is 5.69 Å². The summed E-state index contributed by atoms with van der Waals surface area (Å²) in [4.78, 5) is 27.1. The van der Waals surface area contributed by atoms with Crippen LogP contribution in [0.25, 0.3) is 6.08 Å². The van der Waals surface area contributed by atoms with E-state index in [0.717, 1.165) is 12.7 Å². The Labute approximate surface area is 238 Å². The molecule has 0 aromatic heterocycles. The number of nitro groups is 1. The van der Waals surface area contributed by atoms with E-state index in [4.69, 9.17) is 25.8 Å². The van der Waals surface area contributed by atoms with Crippen LogP contribution in [0.2, 0.25) is 5.02 Å². The first-order valence-electron chi connectivity index (χ1n) is 10.6. The molecule has 0 aliphatic carbocycles. The lowest BCUT2D eigenvalue weighted by atomic mass is 10.1. The predicted octanol–water partition coefficient (Wildman–Crippen LogP) is 6.78. The van der Waals surface area contributed by atoms with E-state index in [9.17, 15) is 14.9 Å². The lowest BCUT2D eigenvalue weighted by molar-refractivity contribution is -0.384. The average Bonchev–Trinajstić information content (AvgIpc) is 3.19. The number of cyclic esters (lactones) is 1. The van der Waals surface area contributed by atoms with Gasteiger partial charge in [0.1, 0.15) is 6.61 Å². The molecule has 11 heteroatoms. The summed E-state index contributed by atoms with van der Waals surface area (Å²) in [6.07, 6.45) is 1.57. The van der Waals surface area contributed by atoms with Gasteiger partial charge in [-0.2, -0.15) is 0 Å². The van der Waals surface area contributed by atoms with Crippen LogP contribution in [-0.2, 0) is 16.1 Å². The van der Waals surface area contributed by atoms with E-state index < -0.39 is 10.9 Å². The Bertz CT molecular complexity index is 1420. The maximum absolute atomic E-state index is 12.5. The first-order valence-corrected chi connectivity index (χ1v) is 13.1. The van der Waals surface area contributed by atoms with Crippen molar-refractivity contribution in [3.05, 3.63) is 99.3 Å². The number of carbonyl (C=O) groups is 1. The van der Waals surface area contributed by atoms with E-state index in [1.165, 1.54) is 18.2 Å². The minimum absolute atomic E-state index is 0.0247. The maximum atomic E-state index is 12.5. The zero-order valence-corrected chi connectivity index (χ0v) is 23.7. The summed E-state index contributed by atoms with van der Waals surface area (Å²) in [7, 11) is 0. The van der Waals surface area contributed by atoms with Crippen molar-refractivity contribution >= 4 is 80.4 Å². The van der Waals surface area contributed by atoms with Crippen LogP contribution in [0.1, 0.15) is 23.6 Å². The number of nitro benzene ring substituents is 1. The molecular formula is C25H17ClI2N2O6. The third kappa shape index (κ3) is 5.98. The van der Waals surface area contributed by atoms with Crippen molar-refractivity contribution in [3.63, 3.8) is 0 Å². The normalized spacial score (nSPS) is 13.9. The number of halogens is 3. The number of non-ortho nitro benzene ring substituents is 1. The van der Waals surface area contributed by atoms with Gasteiger partial charge in [0, 0.05) is 21.3 Å². The van der Waals surface area contributed by atoms with Gasteiger partial charge in [-0.3, -0.25) is 10.1 Å². The molecule has 184 valence electrons. The van der Waals surface area contributed by atoms with Crippen LogP contribution in [0.5, 0.6) is 11.5 Å². The molecule has 0 bridgehead atoms. The van der Waals surface area contributed by atoms with Crippen LogP contribution < -0.4 is 9.47 Å². The van der Waals surface area contributed by atoms with Gasteiger partial charge >= 0.3 is 5.97 Å². The lowest BCUT2D eigenvalue weighted by Crippen LogP contribution is -2.06. The molecule has 3 aromatic carbocycles. The summed E-state index contributed by atoms with van der Waals surface area (Å²) in [5.41, 5.74) is 1.89. The molecule has 1 aliphatic heterocycles. The standard InChI is InChI=1S/C25H17ClI2N2O6/c1-2-34-22-11-14(9-20(28)23(22)35-13-15-5-3-4-6-19(15)27)10-21-25(31)36-24(29-21)17-8-7-16(30(32)33)12-18(17)26/h3-12H,2,13H2,1H3/b21-10-. The zero-order chi connectivity index (χ0) is 25.8. The fraction of sp³-hybridized carbons (Fsp3) is 0.120. The fourth-order valence-corrected chi connectivity index (χ4v) is 4.89. The highest BCUT2D eigenvalue weighted by Gasteiger charge is 2.27. The molecule has 0 saturated carbocycles. The Hall–Kier alpha value is -2.71. The molecule has 0 amide bonds. The van der Waals surface area contributed by atoms with Crippen LogP contribution in [0, 0.1) is 17.3 Å². The predicted molar refractivity (Wildman–Crippen MR) is 153 cm³/mol. The third-order valence-electron chi connectivity index (χ3n) is 4.98. The van der Waals surface area contributed by atoms with Crippen molar-refractivity contribution in [1.82, 2.24) is 0 Å². The van der Waals surface area contributed by atoms with Crippen LogP contribution in [0.15, 0.2) is 65.3 Å². The van der Waals surface area contributed by atoms with Gasteiger partial charge in [-0.1, -0.05) is 29.8 Å². The van der Waals surface area contributed by atoms with Crippen molar-refractivity contribution in [2.24, 2.45) is 4.99 Å². The molecule has 0 spiro atoms. The Kier molecular flexibility index (Phi) is 8.46. The lowest BCUT2D eigenvalue weighted by Gasteiger charge is -2.15. The van der Waals surface area contributed by atoms with Crippen LogP contribution >= 0.6 is 56.8 Å². The summed E-state index contributed by atoms with van der Waals surface area (Å²) in [5.74, 6) is 0.459. The minimum atomic E-state index is -0.661. The molecule has 0 N–H and O–H groups in total. The molecule has 8 nitrogen and oxygen atoms in total. The second-order valence-electron chi connectivity index (χ2n) is 7.40. The summed E-state index contributed by atoms with van der Waals surface area (Å²) < 4.78 is 19.1. The van der Waals surface area contributed by atoms with Crippen LogP contribution in [0.3, 0.4) is 0 Å². The van der Waals surface area contributed by atoms with E-state index in [-0.39, 0.29) is 27.9 Å². The zero-order valence-electron chi connectivity index (χ0n) is 18.7. The van der Waals surface area contributed by atoms with Crippen molar-refractivity contribution in [2.75, 3.05) is 6.61 Å². The highest BCUT2D eigenvalue weighted by molar-refractivity contribution is 14.1. The summed E-state index contributed by atoms with van der Waals surface area (Å²) in [6.45, 7) is 2.69. The SMILES string of the molecule is CCOc1cc(/C=C2\N=C(c3ccc([N+](=O)[O-])cc3Cl)OC2=O)cc(I)c1OCc1ccccc1I. The van der Waals surface area contributed by atoms with Gasteiger partial charge in [-0.25, -0.2) is 9.79 Å². The molecule has 0 fully saturated rings. The van der Waals surface area contributed by atoms with Crippen molar-refractivity contribution in [1.29, 1.82) is 0 Å². The van der Waals surface area contributed by atoms with Crippen molar-refractivity contribution < 1.29 is 23.9 Å². The summed E-state index contributed by atoms with van der Waals surface area (Å²) >= 11 is 10.6. The second-order valence-corrected chi connectivity index (χ2v) is 10.1. The van der Waals surface area contributed by atoms with E-state index in [2.05, 4.69) is 50.2 Å². The first kappa shape index (κ1) is 26.4. The molecular weight excluding hydrogens is 714 g/mol. The number of rotatable bonds is 8. The fourth-order valence-electron chi connectivity index (χ4n) is 3.31. The van der Waals surface area contributed by atoms with Gasteiger partial charge in [-0.15, -0.1) is 0 Å². The molecule has 3 aromatic rings. The number of ether oxygens (including phenoxy) is 3. The van der Waals surface area contributed by atoms with E-state index in [1.807, 2.05) is 37.3 Å². The van der Waals surface area contributed by atoms with Gasteiger partial charge in [-0.05, 0) is 88.0 Å². The molecule has 0 atom stereocenters. The minimum Gasteiger partial charge on any atom is -0.490 e. The smallest absolute Gasteiger partial charge is 0.363 e. The van der Waals surface area contributed by atoms with Crippen molar-refractivity contribution in [3.8, 4) is 11.5 Å². The van der Waals surface area contributed by atoms with E-state index >= 15 is 0 Å². The largest absolute Gasteiger partial charge is 0.490 e. The Morgan fingerprint density at radius 3 is 2.58 bits per heavy atom. The first-order chi connectivity index (χ1) is 17.3.